The summed E-state index contributed by atoms with van der Waals surface area (Å²) in [5, 5.41) is 8.95. The molecule has 1 aliphatic rings. The molecule has 0 aliphatic heterocycles. The van der Waals surface area contributed by atoms with Gasteiger partial charge in [-0.2, -0.15) is 0 Å². The van der Waals surface area contributed by atoms with E-state index in [1.165, 1.54) is 0 Å². The number of carboxylic acid groups (broad SMARTS) is 1. The molecule has 1 heterocycles. The van der Waals surface area contributed by atoms with Crippen molar-refractivity contribution in [1.29, 1.82) is 0 Å². The van der Waals surface area contributed by atoms with E-state index in [2.05, 4.69) is 4.98 Å². The summed E-state index contributed by atoms with van der Waals surface area (Å²) in [7, 11) is 0. The fraction of sp³-hybridized carbons (Fsp3) is 0.600. The van der Waals surface area contributed by atoms with Gasteiger partial charge in [-0.05, 0) is 18.8 Å². The first-order valence-corrected chi connectivity index (χ1v) is 4.91. The van der Waals surface area contributed by atoms with Gasteiger partial charge < -0.3 is 9.67 Å². The smallest absolute Gasteiger partial charge is 0.372 e. The number of hydrogen-bond acceptors (Lipinski definition) is 2. The molecule has 1 aromatic heterocycles. The Hall–Kier alpha value is -1.32. The van der Waals surface area contributed by atoms with Crippen LogP contribution >= 0.6 is 0 Å². The van der Waals surface area contributed by atoms with Gasteiger partial charge in [0.15, 0.2) is 0 Å². The zero-order valence-electron chi connectivity index (χ0n) is 8.40. The molecular weight excluding hydrogens is 180 g/mol. The highest BCUT2D eigenvalue weighted by atomic mass is 16.4. The van der Waals surface area contributed by atoms with Crippen molar-refractivity contribution in [2.75, 3.05) is 0 Å². The molecular formula is C10H14N2O2. The van der Waals surface area contributed by atoms with Crippen LogP contribution in [-0.4, -0.2) is 20.6 Å². The minimum Gasteiger partial charge on any atom is -0.475 e. The van der Waals surface area contributed by atoms with E-state index in [4.69, 9.17) is 5.11 Å². The van der Waals surface area contributed by atoms with Gasteiger partial charge in [-0.3, -0.25) is 0 Å². The number of rotatable bonds is 3. The Labute approximate surface area is 82.6 Å². The van der Waals surface area contributed by atoms with Gasteiger partial charge in [0.25, 0.3) is 0 Å². The first-order chi connectivity index (χ1) is 6.59. The maximum atomic E-state index is 10.9. The van der Waals surface area contributed by atoms with E-state index in [1.807, 2.05) is 20.0 Å². The van der Waals surface area contributed by atoms with Crippen LogP contribution in [-0.2, 0) is 0 Å². The van der Waals surface area contributed by atoms with E-state index in [-0.39, 0.29) is 11.7 Å². The van der Waals surface area contributed by atoms with Crippen molar-refractivity contribution in [2.45, 2.75) is 38.6 Å². The lowest BCUT2D eigenvalue weighted by Crippen LogP contribution is -2.07. The Morgan fingerprint density at radius 1 is 1.64 bits per heavy atom. The molecule has 1 aromatic rings. The molecule has 0 unspecified atom stereocenters. The largest absolute Gasteiger partial charge is 0.475 e. The number of carboxylic acids is 1. The lowest BCUT2D eigenvalue weighted by molar-refractivity contribution is 0.0678. The van der Waals surface area contributed by atoms with Crippen LogP contribution in [0.2, 0.25) is 0 Å². The van der Waals surface area contributed by atoms with E-state index in [0.29, 0.717) is 6.04 Å². The minimum atomic E-state index is -0.927. The lowest BCUT2D eigenvalue weighted by atomic mass is 10.2. The number of imidazole rings is 1. The first kappa shape index (κ1) is 9.24. The highest BCUT2D eigenvalue weighted by Crippen LogP contribution is 2.36. The molecule has 1 aliphatic carbocycles. The summed E-state index contributed by atoms with van der Waals surface area (Å²) >= 11 is 0. The van der Waals surface area contributed by atoms with Gasteiger partial charge in [0.2, 0.25) is 5.82 Å². The molecule has 76 valence electrons. The maximum absolute atomic E-state index is 10.9. The predicted octanol–water partition coefficient (Wildman–Crippen LogP) is 2.04. The van der Waals surface area contributed by atoms with Crippen LogP contribution in [0.1, 0.15) is 55.0 Å². The van der Waals surface area contributed by atoms with Crippen LogP contribution in [0.5, 0.6) is 0 Å². The van der Waals surface area contributed by atoms with E-state index >= 15 is 0 Å². The fourth-order valence-corrected chi connectivity index (χ4v) is 1.48. The number of carbonyl (C=O) groups is 1. The first-order valence-electron chi connectivity index (χ1n) is 4.91. The molecule has 1 saturated carbocycles. The van der Waals surface area contributed by atoms with Crippen LogP contribution in [0.15, 0.2) is 6.20 Å². The second-order valence-electron chi connectivity index (χ2n) is 4.09. The molecule has 0 radical (unpaired) electrons. The third-order valence-electron chi connectivity index (χ3n) is 2.47. The zero-order chi connectivity index (χ0) is 10.3. The van der Waals surface area contributed by atoms with Gasteiger partial charge in [0, 0.05) is 12.2 Å². The number of nitrogens with zero attached hydrogens (tertiary/aromatic N) is 2. The summed E-state index contributed by atoms with van der Waals surface area (Å²) in [6.07, 6.45) is 4.04. The molecule has 2 rings (SSSR count). The Morgan fingerprint density at radius 2 is 2.29 bits per heavy atom. The molecule has 0 atom stereocenters. The summed E-state index contributed by atoms with van der Waals surface area (Å²) in [5.41, 5.74) is 0.870. The summed E-state index contributed by atoms with van der Waals surface area (Å²) in [5.74, 6) is -0.451. The Bertz CT molecular complexity index is 364. The van der Waals surface area contributed by atoms with Crippen molar-refractivity contribution in [2.24, 2.45) is 0 Å². The predicted molar refractivity (Wildman–Crippen MR) is 51.5 cm³/mol. The third-order valence-corrected chi connectivity index (χ3v) is 2.47. The second-order valence-corrected chi connectivity index (χ2v) is 4.09. The van der Waals surface area contributed by atoms with E-state index in [1.54, 1.807) is 4.57 Å². The summed E-state index contributed by atoms with van der Waals surface area (Å²) in [6.45, 7) is 4.04. The van der Waals surface area contributed by atoms with Crippen LogP contribution in [0.25, 0.3) is 0 Å². The molecule has 0 saturated heterocycles. The number of aromatic nitrogens is 2. The Morgan fingerprint density at radius 3 is 2.71 bits per heavy atom. The molecule has 0 aromatic carbocycles. The number of aromatic carboxylic acids is 1. The van der Waals surface area contributed by atoms with Gasteiger partial charge in [-0.25, -0.2) is 9.78 Å². The molecule has 4 heteroatoms. The zero-order valence-corrected chi connectivity index (χ0v) is 8.40. The highest BCUT2D eigenvalue weighted by molar-refractivity contribution is 5.83. The molecule has 0 amide bonds. The van der Waals surface area contributed by atoms with E-state index in [9.17, 15) is 4.79 Å². The lowest BCUT2D eigenvalue weighted by Gasteiger charge is -1.99. The highest BCUT2D eigenvalue weighted by Gasteiger charge is 2.29. The summed E-state index contributed by atoms with van der Waals surface area (Å²) < 4.78 is 1.80. The average molecular weight is 194 g/mol. The maximum Gasteiger partial charge on any atom is 0.372 e. The molecule has 0 spiro atoms. The quantitative estimate of drug-likeness (QED) is 0.801. The average Bonchev–Trinajstić information content (AvgIpc) is 2.83. The second kappa shape index (κ2) is 3.12. The standard InChI is InChI=1S/C10H14N2O2/c1-6(2)8-5-12(7-3-4-7)9(11-8)10(13)14/h5-7H,3-4H2,1-2H3,(H,13,14). The van der Waals surface area contributed by atoms with Gasteiger partial charge in [0.1, 0.15) is 0 Å². The van der Waals surface area contributed by atoms with Crippen molar-refractivity contribution in [3.05, 3.63) is 17.7 Å². The van der Waals surface area contributed by atoms with Crippen molar-refractivity contribution in [3.63, 3.8) is 0 Å². The van der Waals surface area contributed by atoms with Crippen molar-refractivity contribution in [1.82, 2.24) is 9.55 Å². The Balaban J connectivity index is 2.40. The topological polar surface area (TPSA) is 55.1 Å². The van der Waals surface area contributed by atoms with Crippen molar-refractivity contribution < 1.29 is 9.90 Å². The van der Waals surface area contributed by atoms with Crippen LogP contribution in [0.4, 0.5) is 0 Å². The van der Waals surface area contributed by atoms with Crippen LogP contribution < -0.4 is 0 Å². The van der Waals surface area contributed by atoms with Gasteiger partial charge in [-0.15, -0.1) is 0 Å². The summed E-state index contributed by atoms with van der Waals surface area (Å²) in [4.78, 5) is 15.0. The summed E-state index contributed by atoms with van der Waals surface area (Å²) in [6, 6.07) is 0.376. The van der Waals surface area contributed by atoms with Gasteiger partial charge in [0.05, 0.1) is 5.69 Å². The third kappa shape index (κ3) is 1.52. The van der Waals surface area contributed by atoms with Crippen molar-refractivity contribution in [3.8, 4) is 0 Å². The number of hydrogen-bond donors (Lipinski definition) is 1. The van der Waals surface area contributed by atoms with Crippen molar-refractivity contribution >= 4 is 5.97 Å². The van der Waals surface area contributed by atoms with Crippen LogP contribution in [0, 0.1) is 0 Å². The molecule has 0 bridgehead atoms. The normalized spacial score (nSPS) is 16.2. The monoisotopic (exact) mass is 194 g/mol. The molecule has 14 heavy (non-hydrogen) atoms. The van der Waals surface area contributed by atoms with Crippen LogP contribution in [0.3, 0.4) is 0 Å². The molecule has 1 fully saturated rings. The Kier molecular flexibility index (Phi) is 2.06. The SMILES string of the molecule is CC(C)c1cn(C2CC2)c(C(=O)O)n1. The molecule has 1 N–H and O–H groups in total. The van der Waals surface area contributed by atoms with E-state index < -0.39 is 5.97 Å². The van der Waals surface area contributed by atoms with E-state index in [0.717, 1.165) is 18.5 Å². The van der Waals surface area contributed by atoms with Gasteiger partial charge >= 0.3 is 5.97 Å². The minimum absolute atomic E-state index is 0.191. The molecule has 4 nitrogen and oxygen atoms in total. The fourth-order valence-electron chi connectivity index (χ4n) is 1.48. The van der Waals surface area contributed by atoms with Gasteiger partial charge in [-0.1, -0.05) is 13.8 Å².